The van der Waals surface area contributed by atoms with Gasteiger partial charge in [0.2, 0.25) is 0 Å². The molecule has 1 aromatic heterocycles. The van der Waals surface area contributed by atoms with E-state index in [4.69, 9.17) is 16.7 Å². The highest BCUT2D eigenvalue weighted by molar-refractivity contribution is 6.33. The summed E-state index contributed by atoms with van der Waals surface area (Å²) in [5.41, 5.74) is 3.16. The normalized spacial score (nSPS) is 15.1. The zero-order valence-electron chi connectivity index (χ0n) is 12.5. The van der Waals surface area contributed by atoms with E-state index in [-0.39, 0.29) is 11.4 Å². The van der Waals surface area contributed by atoms with Crippen LogP contribution >= 0.6 is 11.6 Å². The molecule has 2 aromatic rings. The quantitative estimate of drug-likeness (QED) is 0.869. The van der Waals surface area contributed by atoms with Crippen molar-refractivity contribution < 1.29 is 4.39 Å². The number of fused-ring (bicyclic) bond motifs is 1. The number of benzene rings is 1. The van der Waals surface area contributed by atoms with Crippen LogP contribution in [-0.2, 0) is 18.5 Å². The van der Waals surface area contributed by atoms with Crippen molar-refractivity contribution in [3.05, 3.63) is 40.3 Å². The molecule has 3 rings (SSSR count). The molecule has 0 spiro atoms. The summed E-state index contributed by atoms with van der Waals surface area (Å²) in [6.07, 6.45) is 0.895. The minimum atomic E-state index is -0.325. The summed E-state index contributed by atoms with van der Waals surface area (Å²) in [7, 11) is 0. The fourth-order valence-electron chi connectivity index (χ4n) is 2.83. The number of nitrogens with zero attached hydrogens (tertiary/aromatic N) is 2. The average Bonchev–Trinajstić information content (AvgIpc) is 2.78. The van der Waals surface area contributed by atoms with E-state index < -0.39 is 0 Å². The third-order valence-corrected chi connectivity index (χ3v) is 4.08. The van der Waals surface area contributed by atoms with Gasteiger partial charge in [0.05, 0.1) is 16.1 Å². The first-order valence-electron chi connectivity index (χ1n) is 7.16. The molecule has 3 nitrogen and oxygen atoms in total. The first kappa shape index (κ1) is 14.5. The molecule has 0 bridgehead atoms. The number of hydrogen-bond acceptors (Lipinski definition) is 2. The smallest absolute Gasteiger partial charge is 0.134 e. The topological polar surface area (TPSA) is 29.9 Å². The lowest BCUT2D eigenvalue weighted by atomic mass is 10.0. The van der Waals surface area contributed by atoms with Crippen molar-refractivity contribution in [2.24, 2.45) is 0 Å². The van der Waals surface area contributed by atoms with Crippen molar-refractivity contribution in [3.63, 3.8) is 0 Å². The van der Waals surface area contributed by atoms with E-state index in [0.717, 1.165) is 18.5 Å². The highest BCUT2D eigenvalue weighted by Gasteiger charge is 2.28. The molecule has 0 fully saturated rings. The van der Waals surface area contributed by atoms with Crippen LogP contribution in [-0.4, -0.2) is 16.3 Å². The highest BCUT2D eigenvalue weighted by atomic mass is 35.5. The predicted molar refractivity (Wildman–Crippen MR) is 83.0 cm³/mol. The Morgan fingerprint density at radius 2 is 2.10 bits per heavy atom. The van der Waals surface area contributed by atoms with Gasteiger partial charge in [-0.25, -0.2) is 4.39 Å². The van der Waals surface area contributed by atoms with Gasteiger partial charge in [0.1, 0.15) is 11.5 Å². The van der Waals surface area contributed by atoms with Gasteiger partial charge in [-0.05, 0) is 32.9 Å². The van der Waals surface area contributed by atoms with E-state index in [2.05, 4.69) is 26.1 Å². The van der Waals surface area contributed by atoms with Crippen LogP contribution in [0.25, 0.3) is 11.3 Å². The monoisotopic (exact) mass is 307 g/mol. The van der Waals surface area contributed by atoms with E-state index in [1.165, 1.54) is 11.8 Å². The Morgan fingerprint density at radius 1 is 1.33 bits per heavy atom. The van der Waals surface area contributed by atoms with Gasteiger partial charge >= 0.3 is 0 Å². The van der Waals surface area contributed by atoms with E-state index in [0.29, 0.717) is 22.8 Å². The molecule has 5 heteroatoms. The summed E-state index contributed by atoms with van der Waals surface area (Å²) >= 11 is 6.22. The molecule has 1 N–H and O–H groups in total. The summed E-state index contributed by atoms with van der Waals surface area (Å²) in [6, 6.07) is 4.76. The van der Waals surface area contributed by atoms with Crippen molar-refractivity contribution >= 4 is 11.6 Å². The lowest BCUT2D eigenvalue weighted by Crippen LogP contribution is -2.30. The van der Waals surface area contributed by atoms with Crippen molar-refractivity contribution in [3.8, 4) is 11.3 Å². The van der Waals surface area contributed by atoms with Gasteiger partial charge < -0.3 is 5.32 Å². The van der Waals surface area contributed by atoms with Gasteiger partial charge in [0.15, 0.2) is 0 Å². The van der Waals surface area contributed by atoms with Gasteiger partial charge in [0.25, 0.3) is 0 Å². The molecule has 1 aliphatic rings. The van der Waals surface area contributed by atoms with Gasteiger partial charge in [-0.3, -0.25) is 4.68 Å². The molecule has 0 aliphatic carbocycles. The third kappa shape index (κ3) is 2.47. The van der Waals surface area contributed by atoms with Crippen LogP contribution in [0.4, 0.5) is 4.39 Å². The van der Waals surface area contributed by atoms with Crippen molar-refractivity contribution in [1.29, 1.82) is 0 Å². The van der Waals surface area contributed by atoms with Crippen LogP contribution in [0.15, 0.2) is 18.2 Å². The molecule has 0 radical (unpaired) electrons. The zero-order valence-corrected chi connectivity index (χ0v) is 13.3. The number of hydrogen-bond donors (Lipinski definition) is 1. The fourth-order valence-corrected chi connectivity index (χ4v) is 3.08. The van der Waals surface area contributed by atoms with Crippen molar-refractivity contribution in [1.82, 2.24) is 15.1 Å². The van der Waals surface area contributed by atoms with Crippen LogP contribution in [0, 0.1) is 5.82 Å². The van der Waals surface area contributed by atoms with E-state index >= 15 is 0 Å². The Kier molecular flexibility index (Phi) is 3.54. The Balaban J connectivity index is 2.27. The zero-order chi connectivity index (χ0) is 15.2. The first-order valence-corrected chi connectivity index (χ1v) is 7.53. The maximum Gasteiger partial charge on any atom is 0.134 e. The second kappa shape index (κ2) is 5.11. The van der Waals surface area contributed by atoms with Crippen LogP contribution < -0.4 is 5.32 Å². The molecular formula is C16H19ClFN3. The molecule has 112 valence electrons. The summed E-state index contributed by atoms with van der Waals surface area (Å²) in [4.78, 5) is 0. The Hall–Kier alpha value is -1.39. The average molecular weight is 308 g/mol. The molecule has 1 aromatic carbocycles. The molecule has 0 unspecified atom stereocenters. The lowest BCUT2D eigenvalue weighted by Gasteiger charge is -2.24. The molecule has 21 heavy (non-hydrogen) atoms. The molecule has 2 heterocycles. The van der Waals surface area contributed by atoms with Gasteiger partial charge in [-0.1, -0.05) is 17.7 Å². The van der Waals surface area contributed by atoms with E-state index in [1.54, 1.807) is 12.1 Å². The maximum absolute atomic E-state index is 14.3. The standard InChI is InChI=1S/C16H19ClFN3/c1-16(2,3)21-13-7-8-19-9-10(13)15(20-21)14-11(17)5-4-6-12(14)18/h4-6,19H,7-9H2,1-3H3. The summed E-state index contributed by atoms with van der Waals surface area (Å²) < 4.78 is 16.3. The number of aromatic nitrogens is 2. The molecule has 1 aliphatic heterocycles. The van der Waals surface area contributed by atoms with E-state index in [9.17, 15) is 4.39 Å². The van der Waals surface area contributed by atoms with Crippen LogP contribution in [0.3, 0.4) is 0 Å². The van der Waals surface area contributed by atoms with Crippen LogP contribution in [0.5, 0.6) is 0 Å². The summed E-state index contributed by atoms with van der Waals surface area (Å²) in [5.74, 6) is -0.325. The highest BCUT2D eigenvalue weighted by Crippen LogP contribution is 2.36. The fraction of sp³-hybridized carbons (Fsp3) is 0.438. The Morgan fingerprint density at radius 3 is 2.76 bits per heavy atom. The largest absolute Gasteiger partial charge is 0.312 e. The minimum absolute atomic E-state index is 0.141. The van der Waals surface area contributed by atoms with Crippen molar-refractivity contribution in [2.75, 3.05) is 6.54 Å². The van der Waals surface area contributed by atoms with Gasteiger partial charge in [0, 0.05) is 30.8 Å². The number of rotatable bonds is 1. The summed E-state index contributed by atoms with van der Waals surface area (Å²) in [6.45, 7) is 7.93. The second-order valence-electron chi connectivity index (χ2n) is 6.38. The number of nitrogens with one attached hydrogen (secondary N) is 1. The van der Waals surface area contributed by atoms with Gasteiger partial charge in [-0.15, -0.1) is 0 Å². The molecule has 0 amide bonds. The Bertz CT molecular complexity index is 665. The predicted octanol–water partition coefficient (Wildman–Crippen LogP) is 3.74. The van der Waals surface area contributed by atoms with Crippen molar-refractivity contribution in [2.45, 2.75) is 39.3 Å². The maximum atomic E-state index is 14.3. The molecule has 0 saturated heterocycles. The lowest BCUT2D eigenvalue weighted by molar-refractivity contribution is 0.340. The minimum Gasteiger partial charge on any atom is -0.312 e. The second-order valence-corrected chi connectivity index (χ2v) is 6.79. The summed E-state index contributed by atoms with van der Waals surface area (Å²) in [5, 5.41) is 8.45. The first-order chi connectivity index (χ1) is 9.89. The SMILES string of the molecule is CC(C)(C)n1nc(-c2c(F)cccc2Cl)c2c1CCNC2. The van der Waals surface area contributed by atoms with Gasteiger partial charge in [-0.2, -0.15) is 5.10 Å². The van der Waals surface area contributed by atoms with Crippen LogP contribution in [0.2, 0.25) is 5.02 Å². The number of halogens is 2. The molecular weight excluding hydrogens is 289 g/mol. The van der Waals surface area contributed by atoms with E-state index in [1.807, 2.05) is 4.68 Å². The third-order valence-electron chi connectivity index (χ3n) is 3.77. The van der Waals surface area contributed by atoms with Crippen LogP contribution in [0.1, 0.15) is 32.0 Å². The molecule has 0 saturated carbocycles. The molecule has 0 atom stereocenters. The Labute approximate surface area is 129 Å².